The molecule has 3 rings (SSSR count). The number of likely N-dealkylation sites (tertiary alicyclic amines) is 1. The highest BCUT2D eigenvalue weighted by atomic mass is 35.5. The van der Waals surface area contributed by atoms with Crippen LogP contribution in [0.3, 0.4) is 0 Å². The van der Waals surface area contributed by atoms with Crippen LogP contribution in [0.1, 0.15) is 24.3 Å². The van der Waals surface area contributed by atoms with E-state index in [-0.39, 0.29) is 11.8 Å². The fourth-order valence-electron chi connectivity index (χ4n) is 3.48. The van der Waals surface area contributed by atoms with Crippen molar-refractivity contribution in [3.05, 3.63) is 34.9 Å². The first-order chi connectivity index (χ1) is 10.1. The molecule has 5 heteroatoms. The van der Waals surface area contributed by atoms with E-state index < -0.39 is 5.97 Å². The summed E-state index contributed by atoms with van der Waals surface area (Å²) in [5.74, 6) is -0.999. The monoisotopic (exact) mass is 309 g/mol. The molecular formula is C16H20ClNO3. The zero-order chi connectivity index (χ0) is 14.8. The van der Waals surface area contributed by atoms with Crippen molar-refractivity contribution in [3.63, 3.8) is 0 Å². The number of rotatable bonds is 3. The van der Waals surface area contributed by atoms with E-state index in [1.807, 2.05) is 24.3 Å². The maximum Gasteiger partial charge on any atom is 0.308 e. The Bertz CT molecular complexity index is 499. The molecule has 1 N–H and O–H groups in total. The van der Waals surface area contributed by atoms with E-state index in [1.165, 1.54) is 0 Å². The van der Waals surface area contributed by atoms with Crippen molar-refractivity contribution < 1.29 is 14.6 Å². The summed E-state index contributed by atoms with van der Waals surface area (Å²) in [5.41, 5.74) is 1.07. The summed E-state index contributed by atoms with van der Waals surface area (Å²) in [5, 5.41) is 10.2. The fraction of sp³-hybridized carbons (Fsp3) is 0.562. The highest BCUT2D eigenvalue weighted by molar-refractivity contribution is 6.30. The van der Waals surface area contributed by atoms with Crippen molar-refractivity contribution in [1.29, 1.82) is 0 Å². The molecule has 0 bridgehead atoms. The lowest BCUT2D eigenvalue weighted by Crippen LogP contribution is -2.38. The number of benzene rings is 1. The molecule has 0 aliphatic carbocycles. The number of carboxylic acid groups (broad SMARTS) is 1. The van der Waals surface area contributed by atoms with E-state index in [9.17, 15) is 9.90 Å². The number of carbonyl (C=O) groups is 1. The maximum atomic E-state index is 11.6. The number of aliphatic carboxylic acids is 1. The molecule has 0 radical (unpaired) electrons. The third kappa shape index (κ3) is 3.23. The molecule has 0 amide bonds. The molecule has 1 aromatic rings. The largest absolute Gasteiger partial charge is 0.481 e. The van der Waals surface area contributed by atoms with Crippen LogP contribution in [0.5, 0.6) is 0 Å². The van der Waals surface area contributed by atoms with Crippen molar-refractivity contribution in [2.75, 3.05) is 26.3 Å². The lowest BCUT2D eigenvalue weighted by atomic mass is 9.89. The smallest absolute Gasteiger partial charge is 0.308 e. The van der Waals surface area contributed by atoms with E-state index in [0.717, 1.165) is 38.2 Å². The van der Waals surface area contributed by atoms with Crippen LogP contribution in [-0.2, 0) is 9.53 Å². The molecule has 2 aliphatic rings. The summed E-state index contributed by atoms with van der Waals surface area (Å²) in [6, 6.07) is 8.05. The molecule has 0 saturated carbocycles. The summed E-state index contributed by atoms with van der Waals surface area (Å²) in [4.78, 5) is 13.9. The summed E-state index contributed by atoms with van der Waals surface area (Å²) in [7, 11) is 0. The molecule has 2 atom stereocenters. The third-order valence-electron chi connectivity index (χ3n) is 4.67. The van der Waals surface area contributed by atoms with Gasteiger partial charge in [0.05, 0.1) is 5.92 Å². The molecule has 21 heavy (non-hydrogen) atoms. The predicted octanol–water partition coefficient (Wildman–Crippen LogP) is 2.62. The van der Waals surface area contributed by atoms with E-state index in [0.29, 0.717) is 17.6 Å². The van der Waals surface area contributed by atoms with Crippen molar-refractivity contribution in [2.24, 2.45) is 5.92 Å². The van der Waals surface area contributed by atoms with Crippen molar-refractivity contribution >= 4 is 17.6 Å². The Labute approximate surface area is 129 Å². The van der Waals surface area contributed by atoms with E-state index in [2.05, 4.69) is 4.90 Å². The van der Waals surface area contributed by atoms with Crippen LogP contribution in [0.25, 0.3) is 0 Å². The highest BCUT2D eigenvalue weighted by Crippen LogP contribution is 2.35. The topological polar surface area (TPSA) is 49.8 Å². The molecule has 0 aromatic heterocycles. The minimum Gasteiger partial charge on any atom is -0.481 e. The van der Waals surface area contributed by atoms with Crippen LogP contribution < -0.4 is 0 Å². The van der Waals surface area contributed by atoms with Gasteiger partial charge in [0.2, 0.25) is 0 Å². The minimum atomic E-state index is -0.704. The van der Waals surface area contributed by atoms with Gasteiger partial charge < -0.3 is 9.84 Å². The second kappa shape index (κ2) is 6.34. The Kier molecular flexibility index (Phi) is 4.48. The quantitative estimate of drug-likeness (QED) is 0.932. The molecule has 2 fully saturated rings. The molecule has 4 nitrogen and oxygen atoms in total. The first-order valence-electron chi connectivity index (χ1n) is 7.45. The van der Waals surface area contributed by atoms with Gasteiger partial charge in [-0.25, -0.2) is 0 Å². The van der Waals surface area contributed by atoms with Crippen LogP contribution >= 0.6 is 11.6 Å². The lowest BCUT2D eigenvalue weighted by molar-refractivity contribution is -0.141. The minimum absolute atomic E-state index is 0.0441. The molecule has 2 aliphatic heterocycles. The average Bonchev–Trinajstić information content (AvgIpc) is 2.94. The summed E-state index contributed by atoms with van der Waals surface area (Å²) in [6.07, 6.45) is 2.00. The molecule has 0 spiro atoms. The van der Waals surface area contributed by atoms with Gasteiger partial charge in [-0.2, -0.15) is 0 Å². The van der Waals surface area contributed by atoms with Gasteiger partial charge in [-0.05, 0) is 30.5 Å². The number of ether oxygens (including phenoxy) is 1. The first-order valence-corrected chi connectivity index (χ1v) is 7.83. The van der Waals surface area contributed by atoms with Crippen LogP contribution in [0, 0.1) is 5.92 Å². The van der Waals surface area contributed by atoms with E-state index in [4.69, 9.17) is 16.3 Å². The van der Waals surface area contributed by atoms with Gasteiger partial charge in [-0.3, -0.25) is 9.69 Å². The van der Waals surface area contributed by atoms with E-state index in [1.54, 1.807) is 0 Å². The SMILES string of the molecule is O=C(O)C1CN(C2CCOCC2)CC1c1ccc(Cl)cc1. The standard InChI is InChI=1S/C16H20ClNO3/c17-12-3-1-11(2-4-12)14-9-18(10-15(14)16(19)20)13-5-7-21-8-6-13/h1-4,13-15H,5-10H2,(H,19,20). The second-order valence-corrected chi connectivity index (χ2v) is 6.34. The van der Waals surface area contributed by atoms with Gasteiger partial charge in [-0.15, -0.1) is 0 Å². The zero-order valence-corrected chi connectivity index (χ0v) is 12.6. The van der Waals surface area contributed by atoms with Gasteiger partial charge in [0.1, 0.15) is 0 Å². The van der Waals surface area contributed by atoms with Gasteiger partial charge in [0.25, 0.3) is 0 Å². The summed E-state index contributed by atoms with van der Waals surface area (Å²) < 4.78 is 5.40. The molecule has 2 heterocycles. The van der Waals surface area contributed by atoms with Crippen molar-refractivity contribution in [1.82, 2.24) is 4.90 Å². The second-order valence-electron chi connectivity index (χ2n) is 5.90. The fourth-order valence-corrected chi connectivity index (χ4v) is 3.61. The van der Waals surface area contributed by atoms with E-state index >= 15 is 0 Å². The van der Waals surface area contributed by atoms with Gasteiger partial charge in [0.15, 0.2) is 0 Å². The van der Waals surface area contributed by atoms with Crippen LogP contribution in [0.4, 0.5) is 0 Å². The van der Waals surface area contributed by atoms with Crippen LogP contribution in [0.15, 0.2) is 24.3 Å². The van der Waals surface area contributed by atoms with Crippen LogP contribution in [-0.4, -0.2) is 48.3 Å². The summed E-state index contributed by atoms with van der Waals surface area (Å²) >= 11 is 5.93. The summed E-state index contributed by atoms with van der Waals surface area (Å²) in [6.45, 7) is 3.01. The average molecular weight is 310 g/mol. The number of hydrogen-bond acceptors (Lipinski definition) is 3. The van der Waals surface area contributed by atoms with Crippen molar-refractivity contribution in [3.8, 4) is 0 Å². The number of carboxylic acids is 1. The highest BCUT2D eigenvalue weighted by Gasteiger charge is 2.41. The Morgan fingerprint density at radius 2 is 1.86 bits per heavy atom. The first kappa shape index (κ1) is 14.8. The Morgan fingerprint density at radius 3 is 2.48 bits per heavy atom. The molecule has 2 saturated heterocycles. The van der Waals surface area contributed by atoms with Crippen molar-refractivity contribution in [2.45, 2.75) is 24.8 Å². The number of hydrogen-bond donors (Lipinski definition) is 1. The molecule has 1 aromatic carbocycles. The zero-order valence-electron chi connectivity index (χ0n) is 11.9. The molecular weight excluding hydrogens is 290 g/mol. The predicted molar refractivity (Wildman–Crippen MR) is 80.7 cm³/mol. The Balaban J connectivity index is 1.78. The third-order valence-corrected chi connectivity index (χ3v) is 4.92. The van der Waals surface area contributed by atoms with Crippen LogP contribution in [0.2, 0.25) is 5.02 Å². The van der Waals surface area contributed by atoms with Gasteiger partial charge in [0, 0.05) is 43.3 Å². The Morgan fingerprint density at radius 1 is 1.19 bits per heavy atom. The number of nitrogens with zero attached hydrogens (tertiary/aromatic N) is 1. The molecule has 114 valence electrons. The lowest BCUT2D eigenvalue weighted by Gasteiger charge is -2.31. The van der Waals surface area contributed by atoms with Gasteiger partial charge in [-0.1, -0.05) is 23.7 Å². The maximum absolute atomic E-state index is 11.6. The van der Waals surface area contributed by atoms with Gasteiger partial charge >= 0.3 is 5.97 Å². The number of halogens is 1. The molecule has 2 unspecified atom stereocenters. The Hall–Kier alpha value is -1.10. The normalized spacial score (nSPS) is 27.9.